The van der Waals surface area contributed by atoms with Gasteiger partial charge in [0.1, 0.15) is 12.4 Å². The molecule has 20 heavy (non-hydrogen) atoms. The summed E-state index contributed by atoms with van der Waals surface area (Å²) in [6.07, 6.45) is 0. The molecule has 4 amide bonds. The molecule has 1 aliphatic rings. The second-order valence-electron chi connectivity index (χ2n) is 4.09. The molecule has 2 rings (SSSR count). The molecule has 0 spiro atoms. The first kappa shape index (κ1) is 13.5. The lowest BCUT2D eigenvalue weighted by Gasteiger charge is -2.13. The summed E-state index contributed by atoms with van der Waals surface area (Å²) in [4.78, 5) is 35.9. The smallest absolute Gasteiger partial charge is 0.334 e. The van der Waals surface area contributed by atoms with E-state index >= 15 is 0 Å². The Kier molecular flexibility index (Phi) is 3.66. The first-order valence-electron chi connectivity index (χ1n) is 5.81. The molecule has 7 nitrogen and oxygen atoms in total. The summed E-state index contributed by atoms with van der Waals surface area (Å²) in [7, 11) is 1.25. The van der Waals surface area contributed by atoms with Gasteiger partial charge < -0.3 is 4.74 Å². The van der Waals surface area contributed by atoms with E-state index in [1.165, 1.54) is 7.05 Å². The van der Waals surface area contributed by atoms with Gasteiger partial charge in [0.2, 0.25) is 0 Å². The summed E-state index contributed by atoms with van der Waals surface area (Å²) in [5.41, 5.74) is 0.509. The van der Waals surface area contributed by atoms with Gasteiger partial charge in [-0.15, -0.1) is 0 Å². The maximum Gasteiger partial charge on any atom is 0.334 e. The number of likely N-dealkylation sites (N-methyl/N-ethyl adjacent to an activating group) is 1. The largest absolute Gasteiger partial charge is 0.492 e. The zero-order valence-electron chi connectivity index (χ0n) is 10.7. The number of carbonyl (C=O) groups is 3. The van der Waals surface area contributed by atoms with Crippen molar-refractivity contribution in [1.82, 2.24) is 9.80 Å². The van der Waals surface area contributed by atoms with Crippen molar-refractivity contribution in [3.63, 3.8) is 0 Å². The zero-order valence-corrected chi connectivity index (χ0v) is 10.7. The number of nitrogens with zero attached hydrogens (tertiary/aromatic N) is 3. The number of hydrogen-bond donors (Lipinski definition) is 0. The summed E-state index contributed by atoms with van der Waals surface area (Å²) in [5, 5.41) is 8.65. The second-order valence-corrected chi connectivity index (χ2v) is 4.09. The highest BCUT2D eigenvalue weighted by molar-refractivity contribution is 6.44. The van der Waals surface area contributed by atoms with Crippen LogP contribution in [0.2, 0.25) is 0 Å². The molecule has 0 saturated carbocycles. The lowest BCUT2D eigenvalue weighted by atomic mass is 10.2. The van der Waals surface area contributed by atoms with Crippen molar-refractivity contribution in [2.75, 3.05) is 20.2 Å². The summed E-state index contributed by atoms with van der Waals surface area (Å²) >= 11 is 0. The van der Waals surface area contributed by atoms with Gasteiger partial charge in [-0.25, -0.2) is 4.79 Å². The molecule has 0 bridgehead atoms. The highest BCUT2D eigenvalue weighted by Crippen LogP contribution is 2.13. The van der Waals surface area contributed by atoms with Crippen molar-refractivity contribution in [3.05, 3.63) is 29.8 Å². The Labute approximate surface area is 114 Å². The van der Waals surface area contributed by atoms with Crippen LogP contribution in [0, 0.1) is 11.3 Å². The number of hydrogen-bond acceptors (Lipinski definition) is 5. The van der Waals surface area contributed by atoms with Crippen LogP contribution in [0.3, 0.4) is 0 Å². The lowest BCUT2D eigenvalue weighted by molar-refractivity contribution is -0.142. The van der Waals surface area contributed by atoms with Crippen LogP contribution >= 0.6 is 0 Å². The number of nitriles is 1. The van der Waals surface area contributed by atoms with Crippen LogP contribution in [0.4, 0.5) is 4.79 Å². The molecule has 7 heteroatoms. The van der Waals surface area contributed by atoms with Crippen molar-refractivity contribution >= 4 is 17.8 Å². The summed E-state index contributed by atoms with van der Waals surface area (Å²) in [5.74, 6) is -1.17. The third-order valence-electron chi connectivity index (χ3n) is 2.82. The Morgan fingerprint density at radius 1 is 1.15 bits per heavy atom. The molecule has 1 aromatic carbocycles. The van der Waals surface area contributed by atoms with Crippen molar-refractivity contribution in [2.45, 2.75) is 0 Å². The van der Waals surface area contributed by atoms with Gasteiger partial charge in [0, 0.05) is 7.05 Å². The van der Waals surface area contributed by atoms with Crippen LogP contribution in [0.5, 0.6) is 5.75 Å². The first-order valence-corrected chi connectivity index (χ1v) is 5.81. The van der Waals surface area contributed by atoms with Crippen LogP contribution < -0.4 is 4.74 Å². The molecular formula is C13H11N3O4. The maximum atomic E-state index is 11.6. The van der Waals surface area contributed by atoms with Crippen LogP contribution in [0.15, 0.2) is 24.3 Å². The van der Waals surface area contributed by atoms with E-state index in [0.29, 0.717) is 11.3 Å². The van der Waals surface area contributed by atoms with E-state index in [9.17, 15) is 14.4 Å². The van der Waals surface area contributed by atoms with Crippen LogP contribution in [-0.4, -0.2) is 47.8 Å². The third kappa shape index (κ3) is 2.44. The number of amides is 4. The molecule has 1 heterocycles. The van der Waals surface area contributed by atoms with Crippen molar-refractivity contribution < 1.29 is 19.1 Å². The fourth-order valence-electron chi connectivity index (χ4n) is 1.69. The minimum absolute atomic E-state index is 0.00620. The Morgan fingerprint density at radius 3 is 2.30 bits per heavy atom. The summed E-state index contributed by atoms with van der Waals surface area (Å²) < 4.78 is 5.35. The van der Waals surface area contributed by atoms with Crippen molar-refractivity contribution in [3.8, 4) is 11.8 Å². The minimum Gasteiger partial charge on any atom is -0.492 e. The van der Waals surface area contributed by atoms with E-state index in [4.69, 9.17) is 10.00 Å². The Balaban J connectivity index is 1.90. The van der Waals surface area contributed by atoms with Crippen molar-refractivity contribution in [1.29, 1.82) is 5.26 Å². The molecule has 102 valence electrons. The SMILES string of the molecule is CN1C(=O)C(=O)N(CCOc2ccc(C#N)cc2)C1=O. The average Bonchev–Trinajstić information content (AvgIpc) is 2.65. The molecule has 0 unspecified atom stereocenters. The van der Waals surface area contributed by atoms with E-state index in [1.807, 2.05) is 6.07 Å². The number of carbonyl (C=O) groups excluding carboxylic acids is 3. The number of rotatable bonds is 4. The molecular weight excluding hydrogens is 262 g/mol. The minimum atomic E-state index is -0.846. The van der Waals surface area contributed by atoms with E-state index in [1.54, 1.807) is 24.3 Å². The molecule has 0 N–H and O–H groups in total. The summed E-state index contributed by atoms with van der Waals surface area (Å²) in [6.45, 7) is 0.0677. The fourth-order valence-corrected chi connectivity index (χ4v) is 1.69. The second kappa shape index (κ2) is 5.40. The van der Waals surface area contributed by atoms with E-state index in [2.05, 4.69) is 0 Å². The summed E-state index contributed by atoms with van der Waals surface area (Å²) in [6, 6.07) is 7.75. The van der Waals surface area contributed by atoms with Gasteiger partial charge in [-0.05, 0) is 24.3 Å². The van der Waals surface area contributed by atoms with E-state index in [-0.39, 0.29) is 13.2 Å². The highest BCUT2D eigenvalue weighted by atomic mass is 16.5. The maximum absolute atomic E-state index is 11.6. The van der Waals surface area contributed by atoms with Crippen LogP contribution in [0.1, 0.15) is 5.56 Å². The van der Waals surface area contributed by atoms with Gasteiger partial charge in [-0.2, -0.15) is 5.26 Å². The molecule has 0 radical (unpaired) electrons. The number of ether oxygens (including phenoxy) is 1. The highest BCUT2D eigenvalue weighted by Gasteiger charge is 2.41. The fraction of sp³-hybridized carbons (Fsp3) is 0.231. The van der Waals surface area contributed by atoms with Gasteiger partial charge in [-0.3, -0.25) is 19.4 Å². The molecule has 1 aliphatic heterocycles. The van der Waals surface area contributed by atoms with Gasteiger partial charge in [0.05, 0.1) is 18.2 Å². The predicted molar refractivity (Wildman–Crippen MR) is 66.5 cm³/mol. The normalized spacial score (nSPS) is 14.7. The predicted octanol–water partition coefficient (Wildman–Crippen LogP) is 0.358. The molecule has 0 aromatic heterocycles. The zero-order chi connectivity index (χ0) is 14.7. The Hall–Kier alpha value is -2.88. The first-order chi connectivity index (χ1) is 9.54. The van der Waals surface area contributed by atoms with E-state index in [0.717, 1.165) is 9.80 Å². The quantitative estimate of drug-likeness (QED) is 0.583. The molecule has 1 fully saturated rings. The van der Waals surface area contributed by atoms with Gasteiger partial charge in [0.25, 0.3) is 0 Å². The Morgan fingerprint density at radius 2 is 1.80 bits per heavy atom. The van der Waals surface area contributed by atoms with Crippen LogP contribution in [-0.2, 0) is 9.59 Å². The number of imide groups is 2. The third-order valence-corrected chi connectivity index (χ3v) is 2.82. The van der Waals surface area contributed by atoms with Gasteiger partial charge in [0.15, 0.2) is 0 Å². The Bertz CT molecular complexity index is 603. The van der Waals surface area contributed by atoms with Crippen LogP contribution in [0.25, 0.3) is 0 Å². The number of benzene rings is 1. The van der Waals surface area contributed by atoms with Crippen molar-refractivity contribution in [2.24, 2.45) is 0 Å². The van der Waals surface area contributed by atoms with E-state index < -0.39 is 17.8 Å². The average molecular weight is 273 g/mol. The number of urea groups is 1. The monoisotopic (exact) mass is 273 g/mol. The molecule has 1 saturated heterocycles. The molecule has 1 aromatic rings. The lowest BCUT2D eigenvalue weighted by Crippen LogP contribution is -2.35. The van der Waals surface area contributed by atoms with Gasteiger partial charge >= 0.3 is 17.8 Å². The van der Waals surface area contributed by atoms with Gasteiger partial charge in [-0.1, -0.05) is 0 Å². The molecule has 0 aliphatic carbocycles. The molecule has 0 atom stereocenters. The standard InChI is InChI=1S/C13H11N3O4/c1-15-11(17)12(18)16(13(15)19)6-7-20-10-4-2-9(8-14)3-5-10/h2-5H,6-7H2,1H3. The topological polar surface area (TPSA) is 90.7 Å².